The number of nitrogens with one attached hydrogen (secondary N) is 2. The van der Waals surface area contributed by atoms with Gasteiger partial charge in [-0.1, -0.05) is 32.0 Å². The van der Waals surface area contributed by atoms with Crippen LogP contribution in [0.25, 0.3) is 16.7 Å². The van der Waals surface area contributed by atoms with E-state index in [1.54, 1.807) is 4.80 Å². The normalized spacial score (nSPS) is 10.8. The number of fused-ring (bicyclic) bond motifs is 1. The van der Waals surface area contributed by atoms with E-state index < -0.39 is 0 Å². The largest absolute Gasteiger partial charge is 0.332 e. The number of anilines is 1. The number of nitrogens with zero attached hydrogens (tertiary/aromatic N) is 3. The zero-order chi connectivity index (χ0) is 17.1. The summed E-state index contributed by atoms with van der Waals surface area (Å²) in [6.45, 7) is 3.62. The third-order valence-electron chi connectivity index (χ3n) is 3.39. The second kappa shape index (κ2) is 6.76. The van der Waals surface area contributed by atoms with E-state index in [4.69, 9.17) is 12.2 Å². The van der Waals surface area contributed by atoms with Crippen molar-refractivity contribution in [1.29, 1.82) is 0 Å². The Kier molecular flexibility index (Phi) is 4.52. The topological polar surface area (TPSA) is 71.8 Å². The van der Waals surface area contributed by atoms with Crippen LogP contribution in [-0.2, 0) is 4.79 Å². The molecular formula is C17H17N5OS. The molecule has 0 radical (unpaired) electrons. The van der Waals surface area contributed by atoms with Crippen LogP contribution in [0.1, 0.15) is 13.8 Å². The molecule has 1 heterocycles. The minimum absolute atomic E-state index is 0.122. The molecular weight excluding hydrogens is 322 g/mol. The highest BCUT2D eigenvalue weighted by Crippen LogP contribution is 2.17. The summed E-state index contributed by atoms with van der Waals surface area (Å²) in [5.41, 5.74) is 3.16. The molecule has 3 aromatic rings. The lowest BCUT2D eigenvalue weighted by Crippen LogP contribution is -2.36. The predicted octanol–water partition coefficient (Wildman–Crippen LogP) is 2.89. The van der Waals surface area contributed by atoms with Crippen LogP contribution in [0, 0.1) is 5.92 Å². The Balaban J connectivity index is 1.79. The van der Waals surface area contributed by atoms with Gasteiger partial charge in [0.05, 0.1) is 5.69 Å². The molecule has 1 amide bonds. The van der Waals surface area contributed by atoms with Crippen molar-refractivity contribution in [3.8, 4) is 5.69 Å². The lowest BCUT2D eigenvalue weighted by molar-refractivity contribution is -0.122. The second-order valence-electron chi connectivity index (χ2n) is 5.63. The van der Waals surface area contributed by atoms with Crippen molar-refractivity contribution < 1.29 is 4.79 Å². The summed E-state index contributed by atoms with van der Waals surface area (Å²) >= 11 is 5.15. The monoisotopic (exact) mass is 339 g/mol. The summed E-state index contributed by atoms with van der Waals surface area (Å²) in [5, 5.41) is 14.8. The van der Waals surface area contributed by atoms with Crippen molar-refractivity contribution >= 4 is 40.0 Å². The van der Waals surface area contributed by atoms with Gasteiger partial charge in [0, 0.05) is 11.6 Å². The maximum Gasteiger partial charge on any atom is 0.228 e. The van der Waals surface area contributed by atoms with Gasteiger partial charge in [-0.05, 0) is 42.5 Å². The SMILES string of the molecule is CC(C)C(=O)NC(=S)Nc1ccc2nn(-c3ccccc3)nc2c1. The van der Waals surface area contributed by atoms with Crippen molar-refractivity contribution in [2.45, 2.75) is 13.8 Å². The van der Waals surface area contributed by atoms with Gasteiger partial charge in [0.1, 0.15) is 11.0 Å². The van der Waals surface area contributed by atoms with Crippen LogP contribution in [0.4, 0.5) is 5.69 Å². The van der Waals surface area contributed by atoms with Gasteiger partial charge < -0.3 is 10.6 Å². The molecule has 2 aromatic carbocycles. The van der Waals surface area contributed by atoms with E-state index in [1.165, 1.54) is 0 Å². The van der Waals surface area contributed by atoms with Crippen LogP contribution in [0.15, 0.2) is 48.5 Å². The van der Waals surface area contributed by atoms with Crippen molar-refractivity contribution in [3.05, 3.63) is 48.5 Å². The molecule has 0 atom stereocenters. The first kappa shape index (κ1) is 16.1. The molecule has 122 valence electrons. The number of aromatic nitrogens is 3. The van der Waals surface area contributed by atoms with Crippen LogP contribution in [0.2, 0.25) is 0 Å². The molecule has 1 aromatic heterocycles. The van der Waals surface area contributed by atoms with Crippen LogP contribution < -0.4 is 10.6 Å². The Hall–Kier alpha value is -2.80. The summed E-state index contributed by atoms with van der Waals surface area (Å²) in [7, 11) is 0. The summed E-state index contributed by atoms with van der Waals surface area (Å²) in [6, 6.07) is 15.2. The average Bonchev–Trinajstić information content (AvgIpc) is 2.98. The van der Waals surface area contributed by atoms with E-state index in [1.807, 2.05) is 62.4 Å². The van der Waals surface area contributed by atoms with Gasteiger partial charge in [-0.25, -0.2) is 0 Å². The Labute approximate surface area is 144 Å². The zero-order valence-electron chi connectivity index (χ0n) is 13.4. The molecule has 0 aliphatic rings. The molecule has 0 aliphatic heterocycles. The number of thiocarbonyl (C=S) groups is 1. The highest BCUT2D eigenvalue weighted by molar-refractivity contribution is 7.80. The van der Waals surface area contributed by atoms with Crippen molar-refractivity contribution in [2.24, 2.45) is 5.92 Å². The molecule has 0 fully saturated rings. The Morgan fingerprint density at radius 1 is 1.08 bits per heavy atom. The minimum Gasteiger partial charge on any atom is -0.332 e. The van der Waals surface area contributed by atoms with E-state index in [0.29, 0.717) is 0 Å². The first-order valence-corrected chi connectivity index (χ1v) is 7.98. The van der Waals surface area contributed by atoms with Crippen molar-refractivity contribution in [1.82, 2.24) is 20.3 Å². The minimum atomic E-state index is -0.127. The van der Waals surface area contributed by atoms with E-state index in [9.17, 15) is 4.79 Å². The molecule has 3 rings (SSSR count). The molecule has 7 heteroatoms. The first-order chi connectivity index (χ1) is 11.5. The van der Waals surface area contributed by atoms with Crippen LogP contribution in [0.3, 0.4) is 0 Å². The summed E-state index contributed by atoms with van der Waals surface area (Å²) in [5.74, 6) is -0.249. The molecule has 24 heavy (non-hydrogen) atoms. The Bertz CT molecular complexity index is 888. The van der Waals surface area contributed by atoms with Crippen molar-refractivity contribution in [2.75, 3.05) is 5.32 Å². The number of para-hydroxylation sites is 1. The number of rotatable bonds is 3. The maximum absolute atomic E-state index is 11.7. The molecule has 0 spiro atoms. The number of hydrogen-bond acceptors (Lipinski definition) is 4. The molecule has 0 bridgehead atoms. The highest BCUT2D eigenvalue weighted by Gasteiger charge is 2.10. The zero-order valence-corrected chi connectivity index (χ0v) is 14.2. The average molecular weight is 339 g/mol. The van der Waals surface area contributed by atoms with Crippen molar-refractivity contribution in [3.63, 3.8) is 0 Å². The third kappa shape index (κ3) is 3.57. The molecule has 0 saturated heterocycles. The maximum atomic E-state index is 11.7. The first-order valence-electron chi connectivity index (χ1n) is 7.57. The molecule has 0 saturated carbocycles. The fourth-order valence-corrected chi connectivity index (χ4v) is 2.31. The van der Waals surface area contributed by atoms with E-state index in [2.05, 4.69) is 20.8 Å². The number of carbonyl (C=O) groups excluding carboxylic acids is 1. The summed E-state index contributed by atoms with van der Waals surface area (Å²) < 4.78 is 0. The number of benzene rings is 2. The molecule has 0 aliphatic carbocycles. The summed E-state index contributed by atoms with van der Waals surface area (Å²) in [6.07, 6.45) is 0. The smallest absolute Gasteiger partial charge is 0.228 e. The van der Waals surface area contributed by atoms with E-state index >= 15 is 0 Å². The Morgan fingerprint density at radius 3 is 2.50 bits per heavy atom. The van der Waals surface area contributed by atoms with Gasteiger partial charge in [0.2, 0.25) is 5.91 Å². The predicted molar refractivity (Wildman–Crippen MR) is 98.1 cm³/mol. The lowest BCUT2D eigenvalue weighted by Gasteiger charge is -2.10. The standard InChI is InChI=1S/C17H17N5OS/c1-11(2)16(23)19-17(24)18-12-8-9-14-15(10-12)21-22(20-14)13-6-4-3-5-7-13/h3-11H,1-2H3,(H2,18,19,23,24). The summed E-state index contributed by atoms with van der Waals surface area (Å²) in [4.78, 5) is 13.2. The quantitative estimate of drug-likeness (QED) is 0.718. The van der Waals surface area contributed by atoms with Gasteiger partial charge in [-0.3, -0.25) is 4.79 Å². The van der Waals surface area contributed by atoms with Gasteiger partial charge in [0.15, 0.2) is 5.11 Å². The highest BCUT2D eigenvalue weighted by atomic mass is 32.1. The van der Waals surface area contributed by atoms with Gasteiger partial charge >= 0.3 is 0 Å². The fourth-order valence-electron chi connectivity index (χ4n) is 2.09. The number of hydrogen-bond donors (Lipinski definition) is 2. The second-order valence-corrected chi connectivity index (χ2v) is 6.03. The van der Waals surface area contributed by atoms with Gasteiger partial charge in [-0.15, -0.1) is 10.2 Å². The van der Waals surface area contributed by atoms with Gasteiger partial charge in [0.25, 0.3) is 0 Å². The molecule has 6 nitrogen and oxygen atoms in total. The Morgan fingerprint density at radius 2 is 1.79 bits per heavy atom. The van der Waals surface area contributed by atoms with Crippen LogP contribution in [0.5, 0.6) is 0 Å². The molecule has 2 N–H and O–H groups in total. The third-order valence-corrected chi connectivity index (χ3v) is 3.59. The van der Waals surface area contributed by atoms with Gasteiger partial charge in [-0.2, -0.15) is 4.80 Å². The van der Waals surface area contributed by atoms with E-state index in [0.717, 1.165) is 22.4 Å². The van der Waals surface area contributed by atoms with Crippen LogP contribution >= 0.6 is 12.2 Å². The van der Waals surface area contributed by atoms with E-state index in [-0.39, 0.29) is 16.9 Å². The number of amides is 1. The lowest BCUT2D eigenvalue weighted by atomic mass is 10.2. The van der Waals surface area contributed by atoms with Crippen LogP contribution in [-0.4, -0.2) is 26.0 Å². The molecule has 0 unspecified atom stereocenters. The number of carbonyl (C=O) groups is 1. The fraction of sp³-hybridized carbons (Fsp3) is 0.176.